The Balaban J connectivity index is 1.95. The number of anilines is 1. The van der Waals surface area contributed by atoms with E-state index in [1.54, 1.807) is 12.3 Å². The van der Waals surface area contributed by atoms with Gasteiger partial charge in [0, 0.05) is 22.8 Å². The summed E-state index contributed by atoms with van der Waals surface area (Å²) in [5.41, 5.74) is 6.83. The molecule has 0 aliphatic carbocycles. The van der Waals surface area contributed by atoms with Crippen LogP contribution in [0, 0.1) is 20.8 Å². The largest absolute Gasteiger partial charge is 0.436 e. The van der Waals surface area contributed by atoms with Gasteiger partial charge in [-0.25, -0.2) is 4.99 Å². The highest BCUT2D eigenvalue weighted by atomic mass is 16.3. The van der Waals surface area contributed by atoms with Crippen LogP contribution in [-0.4, -0.2) is 16.0 Å². The number of aromatic nitrogens is 1. The number of carbonyl (C=O) groups is 1. The Labute approximate surface area is 192 Å². The normalized spacial score (nSPS) is 11.7. The maximum atomic E-state index is 13.4. The number of hydrogen-bond donors (Lipinski definition) is 2. The van der Waals surface area contributed by atoms with Crippen LogP contribution in [-0.2, 0) is 13.0 Å². The summed E-state index contributed by atoms with van der Waals surface area (Å²) < 4.78 is 6.16. The number of nitrogens with one attached hydrogen (secondary N) is 1. The molecule has 0 fully saturated rings. The third kappa shape index (κ3) is 4.71. The van der Waals surface area contributed by atoms with Crippen LogP contribution in [0.1, 0.15) is 45.2 Å². The van der Waals surface area contributed by atoms with Gasteiger partial charge < -0.3 is 14.8 Å². The summed E-state index contributed by atoms with van der Waals surface area (Å²) in [5, 5.41) is 13.5. The van der Waals surface area contributed by atoms with Crippen LogP contribution in [0.25, 0.3) is 11.0 Å². The Morgan fingerprint density at radius 1 is 1.06 bits per heavy atom. The van der Waals surface area contributed by atoms with Crippen LogP contribution in [0.4, 0.5) is 11.4 Å². The molecule has 2 aromatic carbocycles. The first-order valence-electron chi connectivity index (χ1n) is 10.9. The quantitative estimate of drug-likeness (QED) is 0.440. The highest BCUT2D eigenvalue weighted by molar-refractivity contribution is 6.06. The number of nitrogens with zero attached hydrogens (tertiary/aromatic N) is 2. The Kier molecular flexibility index (Phi) is 6.38. The molecule has 0 spiro atoms. The van der Waals surface area contributed by atoms with Crippen molar-refractivity contribution in [3.8, 4) is 0 Å². The second kappa shape index (κ2) is 9.38. The summed E-state index contributed by atoms with van der Waals surface area (Å²) in [6.45, 7) is 7.65. The Hall–Kier alpha value is -3.77. The van der Waals surface area contributed by atoms with Gasteiger partial charge in [-0.15, -0.1) is 0 Å². The molecule has 33 heavy (non-hydrogen) atoms. The second-order valence-electron chi connectivity index (χ2n) is 8.16. The monoisotopic (exact) mass is 441 g/mol. The summed E-state index contributed by atoms with van der Waals surface area (Å²) in [6, 6.07) is 15.4. The number of aliphatic hydroxyl groups excluding tert-OH is 1. The molecular formula is C27H27N3O3. The number of aliphatic hydroxyl groups is 1. The van der Waals surface area contributed by atoms with E-state index in [4.69, 9.17) is 9.41 Å². The van der Waals surface area contributed by atoms with Crippen molar-refractivity contribution < 1.29 is 14.3 Å². The number of para-hydroxylation sites is 1. The zero-order valence-corrected chi connectivity index (χ0v) is 19.3. The van der Waals surface area contributed by atoms with E-state index in [-0.39, 0.29) is 23.6 Å². The fraction of sp³-hybridized carbons (Fsp3) is 0.222. The Morgan fingerprint density at radius 2 is 1.79 bits per heavy atom. The van der Waals surface area contributed by atoms with Gasteiger partial charge in [-0.05, 0) is 68.1 Å². The fourth-order valence-electron chi connectivity index (χ4n) is 3.93. The molecule has 2 aromatic heterocycles. The topological polar surface area (TPSA) is 87.7 Å². The minimum absolute atomic E-state index is 0.193. The maximum absolute atomic E-state index is 13.4. The molecule has 1 amide bonds. The lowest BCUT2D eigenvalue weighted by atomic mass is 10.1. The van der Waals surface area contributed by atoms with E-state index in [0.29, 0.717) is 27.9 Å². The van der Waals surface area contributed by atoms with Crippen LogP contribution in [0.2, 0.25) is 0 Å². The van der Waals surface area contributed by atoms with Crippen molar-refractivity contribution in [3.63, 3.8) is 0 Å². The molecule has 0 bridgehead atoms. The molecule has 4 rings (SSSR count). The molecule has 2 heterocycles. The molecule has 0 aliphatic heterocycles. The number of rotatable bonds is 5. The van der Waals surface area contributed by atoms with Crippen LogP contribution >= 0.6 is 0 Å². The number of hydrogen-bond acceptors (Lipinski definition) is 5. The van der Waals surface area contributed by atoms with Gasteiger partial charge in [0.25, 0.3) is 5.91 Å². The molecule has 0 atom stereocenters. The lowest BCUT2D eigenvalue weighted by Crippen LogP contribution is -2.22. The molecule has 4 aromatic rings. The minimum atomic E-state index is -0.331. The minimum Gasteiger partial charge on any atom is -0.436 e. The maximum Gasteiger partial charge on any atom is 0.261 e. The molecule has 0 unspecified atom stereocenters. The van der Waals surface area contributed by atoms with Gasteiger partial charge in [-0.2, -0.15) is 0 Å². The van der Waals surface area contributed by atoms with Gasteiger partial charge in [0.15, 0.2) is 5.58 Å². The molecule has 168 valence electrons. The first-order valence-corrected chi connectivity index (χ1v) is 10.9. The molecule has 0 radical (unpaired) electrons. The number of fused-ring (bicyclic) bond motifs is 1. The Morgan fingerprint density at radius 3 is 2.48 bits per heavy atom. The summed E-state index contributed by atoms with van der Waals surface area (Å²) in [6.07, 6.45) is 2.39. The third-order valence-corrected chi connectivity index (χ3v) is 5.55. The van der Waals surface area contributed by atoms with Gasteiger partial charge in [-0.1, -0.05) is 31.2 Å². The van der Waals surface area contributed by atoms with Crippen LogP contribution in [0.15, 0.2) is 64.1 Å². The number of benzene rings is 2. The third-order valence-electron chi connectivity index (χ3n) is 5.55. The van der Waals surface area contributed by atoms with Gasteiger partial charge in [-0.3, -0.25) is 9.78 Å². The number of aryl methyl sites for hydroxylation is 4. The summed E-state index contributed by atoms with van der Waals surface area (Å²) in [7, 11) is 0. The number of amides is 1. The fourth-order valence-corrected chi connectivity index (χ4v) is 3.93. The zero-order valence-electron chi connectivity index (χ0n) is 19.3. The molecule has 6 nitrogen and oxygen atoms in total. The predicted octanol–water partition coefficient (Wildman–Crippen LogP) is 5.29. The number of pyridine rings is 1. The smallest absolute Gasteiger partial charge is 0.261 e. The molecule has 0 saturated carbocycles. The van der Waals surface area contributed by atoms with Crippen molar-refractivity contribution in [1.29, 1.82) is 0 Å². The first-order chi connectivity index (χ1) is 15.9. The van der Waals surface area contributed by atoms with Crippen LogP contribution < -0.4 is 10.9 Å². The van der Waals surface area contributed by atoms with E-state index < -0.39 is 0 Å². The van der Waals surface area contributed by atoms with E-state index in [1.807, 2.05) is 64.1 Å². The number of carbonyl (C=O) groups excluding carboxylic acids is 1. The van der Waals surface area contributed by atoms with Crippen LogP contribution in [0.3, 0.4) is 0 Å². The van der Waals surface area contributed by atoms with Gasteiger partial charge in [0.2, 0.25) is 5.55 Å². The molecule has 0 aliphatic rings. The van der Waals surface area contributed by atoms with E-state index in [9.17, 15) is 9.90 Å². The van der Waals surface area contributed by atoms with Crippen molar-refractivity contribution in [3.05, 3.63) is 93.8 Å². The summed E-state index contributed by atoms with van der Waals surface area (Å²) in [4.78, 5) is 22.5. The van der Waals surface area contributed by atoms with Crippen molar-refractivity contribution in [1.82, 2.24) is 4.98 Å². The van der Waals surface area contributed by atoms with Crippen molar-refractivity contribution in [2.75, 3.05) is 5.32 Å². The van der Waals surface area contributed by atoms with Crippen molar-refractivity contribution in [2.24, 2.45) is 4.99 Å². The van der Waals surface area contributed by atoms with Crippen molar-refractivity contribution >= 4 is 28.3 Å². The lowest BCUT2D eigenvalue weighted by molar-refractivity contribution is 0.102. The van der Waals surface area contributed by atoms with E-state index in [0.717, 1.165) is 28.8 Å². The Bertz CT molecular complexity index is 1400. The lowest BCUT2D eigenvalue weighted by Gasteiger charge is -2.12. The average Bonchev–Trinajstić information content (AvgIpc) is 2.79. The van der Waals surface area contributed by atoms with Crippen molar-refractivity contribution in [2.45, 2.75) is 40.7 Å². The van der Waals surface area contributed by atoms with Gasteiger partial charge >= 0.3 is 0 Å². The first kappa shape index (κ1) is 22.4. The van der Waals surface area contributed by atoms with Gasteiger partial charge in [0.05, 0.1) is 18.0 Å². The SMILES string of the molecule is CCc1ccccc1NC(=O)c1cc2c(CO)cnc(C)c2oc1=Nc1cc(C)cc(C)c1. The van der Waals surface area contributed by atoms with E-state index >= 15 is 0 Å². The molecule has 0 saturated heterocycles. The van der Waals surface area contributed by atoms with E-state index in [1.165, 1.54) is 0 Å². The second-order valence-corrected chi connectivity index (χ2v) is 8.16. The average molecular weight is 442 g/mol. The molecular weight excluding hydrogens is 414 g/mol. The van der Waals surface area contributed by atoms with E-state index in [2.05, 4.69) is 16.4 Å². The zero-order chi connectivity index (χ0) is 23.5. The highest BCUT2D eigenvalue weighted by Crippen LogP contribution is 2.23. The summed E-state index contributed by atoms with van der Waals surface area (Å²) >= 11 is 0. The standard InChI is InChI=1S/C27H27N3O3/c1-5-19-8-6-7-9-24(19)30-26(32)23-13-22-20(15-31)14-28-18(4)25(22)33-27(23)29-21-11-16(2)10-17(3)12-21/h6-14,31H,5,15H2,1-4H3,(H,30,32). The summed E-state index contributed by atoms with van der Waals surface area (Å²) in [5.74, 6) is -0.331. The molecule has 2 N–H and O–H groups in total. The predicted molar refractivity (Wildman–Crippen MR) is 130 cm³/mol. The molecule has 6 heteroatoms. The van der Waals surface area contributed by atoms with Gasteiger partial charge in [0.1, 0.15) is 5.56 Å². The highest BCUT2D eigenvalue weighted by Gasteiger charge is 2.17. The van der Waals surface area contributed by atoms with Crippen LogP contribution in [0.5, 0.6) is 0 Å².